The van der Waals surface area contributed by atoms with E-state index in [2.05, 4.69) is 18.7 Å². The molecule has 161 valence electrons. The zero-order chi connectivity index (χ0) is 20.3. The summed E-state index contributed by atoms with van der Waals surface area (Å²) in [5, 5.41) is 16.6. The van der Waals surface area contributed by atoms with Crippen molar-refractivity contribution in [3.63, 3.8) is 0 Å². The highest BCUT2D eigenvalue weighted by molar-refractivity contribution is 7.92. The zero-order valence-corrected chi connectivity index (χ0v) is 18.0. The van der Waals surface area contributed by atoms with E-state index in [4.69, 9.17) is 10.5 Å². The minimum Gasteiger partial charge on any atom is -0.261 e. The first kappa shape index (κ1) is 32.1. The topological polar surface area (TPSA) is 115 Å². The van der Waals surface area contributed by atoms with Gasteiger partial charge in [-0.3, -0.25) is 9.97 Å². The Balaban J connectivity index is -0.000000443. The highest BCUT2D eigenvalue weighted by Gasteiger charge is 2.03. The quantitative estimate of drug-likeness (QED) is 0.518. The van der Waals surface area contributed by atoms with E-state index in [1.807, 2.05) is 56.8 Å². The number of rotatable bonds is 4. The third-order valence-electron chi connectivity index (χ3n) is 3.19. The average molecular weight is 445 g/mol. The lowest BCUT2D eigenvalue weighted by Gasteiger charge is -2.01. The third kappa shape index (κ3) is 13.6. The van der Waals surface area contributed by atoms with Crippen LogP contribution in [0.1, 0.15) is 37.4 Å². The highest BCUT2D eigenvalue weighted by atomic mass is 32.2. The fraction of sp³-hybridized carbons (Fsp3) is 0.400. The molecule has 2 aromatic heterocycles. The minimum atomic E-state index is -2.42. The summed E-state index contributed by atoms with van der Waals surface area (Å²) >= 11 is 0. The Bertz CT molecular complexity index is 984. The molecule has 3 radical (unpaired) electrons. The van der Waals surface area contributed by atoms with E-state index in [1.165, 1.54) is 6.26 Å². The summed E-state index contributed by atoms with van der Waals surface area (Å²) in [6.45, 7) is 3.84. The van der Waals surface area contributed by atoms with Gasteiger partial charge >= 0.3 is 0 Å². The molecule has 0 saturated heterocycles. The Morgan fingerprint density at radius 1 is 1.00 bits per heavy atom. The predicted octanol–water partition coefficient (Wildman–Crippen LogP) is 4.16. The molecular weight excluding hydrogens is 415 g/mol. The van der Waals surface area contributed by atoms with Gasteiger partial charge in [-0.25, -0.2) is 4.21 Å². The summed E-state index contributed by atoms with van der Waals surface area (Å²) in [7, 11) is -2.63. The summed E-state index contributed by atoms with van der Waals surface area (Å²) in [4.78, 5) is 8.25. The van der Waals surface area contributed by atoms with Crippen molar-refractivity contribution in [1.29, 1.82) is 10.5 Å². The molecule has 0 aromatic carbocycles. The fourth-order valence-corrected chi connectivity index (χ4v) is 3.82. The molecule has 30 heavy (non-hydrogen) atoms. The molecule has 10 heteroatoms. The molecule has 0 aliphatic rings. The van der Waals surface area contributed by atoms with Gasteiger partial charge in [0.2, 0.25) is 12.4 Å². The smallest absolute Gasteiger partial charge is 0.214 e. The monoisotopic (exact) mass is 445 g/mol. The normalized spacial score (nSPS) is 11.9. The van der Waals surface area contributed by atoms with Crippen LogP contribution in [0.3, 0.4) is 0 Å². The molecule has 2 heterocycles. The molecular formula is C20H30BN6OS2. The van der Waals surface area contributed by atoms with Gasteiger partial charge in [-0.05, 0) is 43.4 Å². The van der Waals surface area contributed by atoms with Crippen LogP contribution in [0.5, 0.6) is 0 Å². The van der Waals surface area contributed by atoms with Crippen molar-refractivity contribution in [3.8, 4) is 12.4 Å². The van der Waals surface area contributed by atoms with Crippen molar-refractivity contribution < 1.29 is 4.21 Å². The van der Waals surface area contributed by atoms with Gasteiger partial charge in [-0.15, -0.1) is 4.36 Å². The van der Waals surface area contributed by atoms with Crippen LogP contribution in [0.15, 0.2) is 45.4 Å². The fourth-order valence-electron chi connectivity index (χ4n) is 1.94. The number of aromatic nitrogens is 2. The Morgan fingerprint density at radius 3 is 1.90 bits per heavy atom. The molecule has 0 aliphatic heterocycles. The van der Waals surface area contributed by atoms with Gasteiger partial charge in [0.25, 0.3) is 0 Å². The second-order valence-electron chi connectivity index (χ2n) is 5.85. The Morgan fingerprint density at radius 2 is 1.50 bits per heavy atom. The highest BCUT2D eigenvalue weighted by Crippen LogP contribution is 2.06. The van der Waals surface area contributed by atoms with Gasteiger partial charge in [0.05, 0.1) is 15.5 Å². The molecule has 0 spiro atoms. The van der Waals surface area contributed by atoms with E-state index in [0.29, 0.717) is 0 Å². The molecule has 0 saturated carbocycles. The largest absolute Gasteiger partial charge is 0.261 e. The van der Waals surface area contributed by atoms with Gasteiger partial charge in [0.1, 0.15) is 0 Å². The second-order valence-corrected chi connectivity index (χ2v) is 9.91. The van der Waals surface area contributed by atoms with Gasteiger partial charge in [0.15, 0.2) is 0 Å². The number of nitrogens with zero attached hydrogens (tertiary/aromatic N) is 6. The number of hydrogen-bond acceptors (Lipinski definition) is 7. The van der Waals surface area contributed by atoms with Crippen LogP contribution in [0.4, 0.5) is 0 Å². The maximum absolute atomic E-state index is 11.6. The van der Waals surface area contributed by atoms with E-state index in [0.717, 1.165) is 28.3 Å². The molecule has 2 aromatic rings. The van der Waals surface area contributed by atoms with Gasteiger partial charge < -0.3 is 0 Å². The SMILES string of the molecule is C.C.Cc1ccc(CS(C)(=O)=NC#N)cn1.Cc1ccc(CS(C)=NC#N)cn1.[B]. The lowest BCUT2D eigenvalue weighted by molar-refractivity contribution is 0.680. The molecule has 0 aliphatic carbocycles. The molecule has 0 bridgehead atoms. The van der Waals surface area contributed by atoms with Crippen LogP contribution in [0.25, 0.3) is 0 Å². The van der Waals surface area contributed by atoms with Crippen molar-refractivity contribution in [2.75, 3.05) is 12.5 Å². The van der Waals surface area contributed by atoms with Crippen molar-refractivity contribution in [2.24, 2.45) is 8.73 Å². The lowest BCUT2D eigenvalue weighted by Crippen LogP contribution is -2.01. The summed E-state index contributed by atoms with van der Waals surface area (Å²) in [6.07, 6.45) is 10.3. The molecule has 0 N–H and O–H groups in total. The van der Waals surface area contributed by atoms with Crippen molar-refractivity contribution in [1.82, 2.24) is 9.97 Å². The first-order valence-electron chi connectivity index (χ1n) is 7.89. The summed E-state index contributed by atoms with van der Waals surface area (Å²) in [6, 6.07) is 7.69. The van der Waals surface area contributed by atoms with Gasteiger partial charge in [0, 0.05) is 44.2 Å². The molecule has 2 unspecified atom stereocenters. The molecule has 7 nitrogen and oxygen atoms in total. The first-order chi connectivity index (χ1) is 12.8. The van der Waals surface area contributed by atoms with Crippen molar-refractivity contribution >= 4 is 28.8 Å². The van der Waals surface area contributed by atoms with E-state index < -0.39 is 9.73 Å². The van der Waals surface area contributed by atoms with Crippen molar-refractivity contribution in [3.05, 3.63) is 59.2 Å². The van der Waals surface area contributed by atoms with Gasteiger partial charge in [-0.2, -0.15) is 14.9 Å². The molecule has 0 fully saturated rings. The number of hydrogen-bond donors (Lipinski definition) is 0. The van der Waals surface area contributed by atoms with E-state index in [-0.39, 0.29) is 39.7 Å². The average Bonchev–Trinajstić information content (AvgIpc) is 2.59. The van der Waals surface area contributed by atoms with Crippen LogP contribution in [-0.2, 0) is 31.9 Å². The second kappa shape index (κ2) is 16.3. The van der Waals surface area contributed by atoms with Crippen LogP contribution in [-0.4, -0.2) is 35.1 Å². The lowest BCUT2D eigenvalue weighted by atomic mass is 10.3. The standard InChI is InChI=1S/C9H11N3OS.C9H11N3S.2CH4.B/c1-8-3-4-9(5-11-8)6-14(2,13)12-7-10;1-8-3-4-9(5-11-8)6-13(2)12-7-10;;;/h3-5H,6H2,1-2H3;3-5H,6H2,1-2H3;2*1H4;. The number of aryl methyl sites for hydroxylation is 2. The minimum absolute atomic E-state index is 0. The zero-order valence-electron chi connectivity index (χ0n) is 16.4. The van der Waals surface area contributed by atoms with Crippen LogP contribution < -0.4 is 0 Å². The number of nitriles is 2. The van der Waals surface area contributed by atoms with E-state index >= 15 is 0 Å². The predicted molar refractivity (Wildman–Crippen MR) is 128 cm³/mol. The maximum Gasteiger partial charge on any atom is 0.214 e. The van der Waals surface area contributed by atoms with Crippen LogP contribution >= 0.6 is 0 Å². The van der Waals surface area contributed by atoms with E-state index in [1.54, 1.807) is 12.4 Å². The summed E-state index contributed by atoms with van der Waals surface area (Å²) in [5.41, 5.74) is 3.89. The van der Waals surface area contributed by atoms with E-state index in [9.17, 15) is 4.21 Å². The van der Waals surface area contributed by atoms with Crippen molar-refractivity contribution in [2.45, 2.75) is 40.2 Å². The molecule has 2 atom stereocenters. The Labute approximate surface area is 186 Å². The van der Waals surface area contributed by atoms with Gasteiger partial charge in [-0.1, -0.05) is 37.7 Å². The maximum atomic E-state index is 11.6. The first-order valence-corrected chi connectivity index (χ1v) is 11.7. The molecule has 0 amide bonds. The summed E-state index contributed by atoms with van der Waals surface area (Å²) < 4.78 is 18.8. The third-order valence-corrected chi connectivity index (χ3v) is 5.67. The Kier molecular flexibility index (Phi) is 17.4. The Hall–Kier alpha value is -2.56. The number of pyridine rings is 2. The summed E-state index contributed by atoms with van der Waals surface area (Å²) in [5.74, 6) is 1.08. The van der Waals surface area contributed by atoms with Crippen LogP contribution in [0, 0.1) is 36.8 Å². The van der Waals surface area contributed by atoms with Crippen LogP contribution in [0.2, 0.25) is 0 Å². The molecule has 2 rings (SSSR count).